The van der Waals surface area contributed by atoms with Gasteiger partial charge in [0.05, 0.1) is 0 Å². The van der Waals surface area contributed by atoms with Gasteiger partial charge in [0.25, 0.3) is 0 Å². The Balaban J connectivity index is 1.63. The average Bonchev–Trinajstić information content (AvgIpc) is 2.90. The molecule has 4 heteroatoms. The molecule has 0 spiro atoms. The second-order valence-electron chi connectivity index (χ2n) is 6.32. The first kappa shape index (κ1) is 12.8. The first-order valence-electron chi connectivity index (χ1n) is 7.41. The molecule has 3 unspecified atom stereocenters. The predicted molar refractivity (Wildman–Crippen MR) is 79.3 cm³/mol. The quantitative estimate of drug-likeness (QED) is 0.805. The number of alkyl halides is 1. The van der Waals surface area contributed by atoms with E-state index in [1.165, 1.54) is 25.3 Å². The van der Waals surface area contributed by atoms with Crippen LogP contribution in [0.5, 0.6) is 0 Å². The lowest BCUT2D eigenvalue weighted by Gasteiger charge is -2.20. The summed E-state index contributed by atoms with van der Waals surface area (Å²) in [5, 5.41) is 2.76. The number of nitrogens with one attached hydrogen (secondary N) is 1. The van der Waals surface area contributed by atoms with Crippen LogP contribution in [0.15, 0.2) is 12.1 Å². The third-order valence-electron chi connectivity index (χ3n) is 5.23. The number of anilines is 1. The van der Waals surface area contributed by atoms with Gasteiger partial charge in [-0.25, -0.2) is 4.39 Å². The van der Waals surface area contributed by atoms with Crippen molar-refractivity contribution in [3.63, 3.8) is 0 Å². The summed E-state index contributed by atoms with van der Waals surface area (Å²) in [6.07, 6.45) is 5.16. The van der Waals surface area contributed by atoms with E-state index in [0.717, 1.165) is 23.0 Å². The van der Waals surface area contributed by atoms with Gasteiger partial charge in [0, 0.05) is 22.5 Å². The zero-order valence-corrected chi connectivity index (χ0v) is 12.7. The molecular weight excluding hydrogens is 321 g/mol. The Morgan fingerprint density at radius 3 is 2.75 bits per heavy atom. The highest BCUT2D eigenvalue weighted by Crippen LogP contribution is 2.64. The van der Waals surface area contributed by atoms with Gasteiger partial charge in [-0.1, -0.05) is 22.4 Å². The molecule has 0 saturated heterocycles. The SMILES string of the molecule is O=C1CCc2cc(C(Br)C3C4CCCC43)c(F)cc2N1. The van der Waals surface area contributed by atoms with Crippen molar-refractivity contribution >= 4 is 27.5 Å². The molecule has 0 aromatic heterocycles. The predicted octanol–water partition coefficient (Wildman–Crippen LogP) is 4.19. The van der Waals surface area contributed by atoms with E-state index in [0.29, 0.717) is 24.4 Å². The van der Waals surface area contributed by atoms with Gasteiger partial charge in [-0.15, -0.1) is 0 Å². The van der Waals surface area contributed by atoms with Crippen LogP contribution in [0.1, 0.15) is 41.6 Å². The van der Waals surface area contributed by atoms with Gasteiger partial charge in [0.2, 0.25) is 5.91 Å². The normalized spacial score (nSPS) is 32.3. The Morgan fingerprint density at radius 1 is 1.25 bits per heavy atom. The maximum Gasteiger partial charge on any atom is 0.224 e. The fourth-order valence-electron chi connectivity index (χ4n) is 4.15. The number of halogens is 2. The molecule has 2 fully saturated rings. The van der Waals surface area contributed by atoms with Crippen LogP contribution in [0.4, 0.5) is 10.1 Å². The van der Waals surface area contributed by atoms with E-state index in [9.17, 15) is 9.18 Å². The van der Waals surface area contributed by atoms with Crippen molar-refractivity contribution in [3.05, 3.63) is 29.1 Å². The summed E-state index contributed by atoms with van der Waals surface area (Å²) in [5.74, 6) is 1.99. The van der Waals surface area contributed by atoms with Gasteiger partial charge in [-0.3, -0.25) is 4.79 Å². The Bertz CT molecular complexity index is 578. The lowest BCUT2D eigenvalue weighted by Crippen LogP contribution is -2.19. The molecule has 1 amide bonds. The molecule has 0 radical (unpaired) electrons. The van der Waals surface area contributed by atoms with Crippen LogP contribution in [-0.4, -0.2) is 5.91 Å². The molecule has 2 saturated carbocycles. The second kappa shape index (κ2) is 4.55. The number of amides is 1. The van der Waals surface area contributed by atoms with E-state index in [-0.39, 0.29) is 16.6 Å². The summed E-state index contributed by atoms with van der Waals surface area (Å²) >= 11 is 3.73. The first-order valence-corrected chi connectivity index (χ1v) is 8.33. The lowest BCUT2D eigenvalue weighted by molar-refractivity contribution is -0.116. The Labute approximate surface area is 126 Å². The average molecular weight is 338 g/mol. The zero-order valence-electron chi connectivity index (χ0n) is 11.2. The third-order valence-corrected chi connectivity index (χ3v) is 6.33. The smallest absolute Gasteiger partial charge is 0.224 e. The van der Waals surface area contributed by atoms with E-state index in [2.05, 4.69) is 21.2 Å². The van der Waals surface area contributed by atoms with Crippen LogP contribution in [0.2, 0.25) is 0 Å². The fraction of sp³-hybridized carbons (Fsp3) is 0.562. The maximum absolute atomic E-state index is 14.3. The molecule has 4 rings (SSSR count). The lowest BCUT2D eigenvalue weighted by atomic mass is 9.96. The van der Waals surface area contributed by atoms with Gasteiger partial charge >= 0.3 is 0 Å². The van der Waals surface area contributed by atoms with Crippen LogP contribution < -0.4 is 5.32 Å². The van der Waals surface area contributed by atoms with Crippen LogP contribution in [0.3, 0.4) is 0 Å². The molecule has 1 aliphatic heterocycles. The highest BCUT2D eigenvalue weighted by Gasteiger charge is 2.55. The van der Waals surface area contributed by atoms with Gasteiger partial charge in [0.15, 0.2) is 0 Å². The number of carbonyl (C=O) groups is 1. The summed E-state index contributed by atoms with van der Waals surface area (Å²) < 4.78 is 14.3. The van der Waals surface area contributed by atoms with Crippen LogP contribution in [-0.2, 0) is 11.2 Å². The van der Waals surface area contributed by atoms with Crippen molar-refractivity contribution in [1.29, 1.82) is 0 Å². The number of rotatable bonds is 2. The highest BCUT2D eigenvalue weighted by molar-refractivity contribution is 9.09. The number of aryl methyl sites for hydroxylation is 1. The molecule has 3 aliphatic rings. The van der Waals surface area contributed by atoms with E-state index in [1.54, 1.807) is 0 Å². The van der Waals surface area contributed by atoms with Crippen molar-refractivity contribution in [2.75, 3.05) is 5.32 Å². The molecule has 2 aliphatic carbocycles. The number of hydrogen-bond acceptors (Lipinski definition) is 1. The molecular formula is C16H17BrFNO. The van der Waals surface area contributed by atoms with E-state index in [4.69, 9.17) is 0 Å². The van der Waals surface area contributed by atoms with E-state index >= 15 is 0 Å². The first-order chi connectivity index (χ1) is 9.65. The summed E-state index contributed by atoms with van der Waals surface area (Å²) in [4.78, 5) is 11.5. The van der Waals surface area contributed by atoms with Gasteiger partial charge in [-0.05, 0) is 54.7 Å². The highest BCUT2D eigenvalue weighted by atomic mass is 79.9. The van der Waals surface area contributed by atoms with Gasteiger partial charge in [-0.2, -0.15) is 0 Å². The zero-order chi connectivity index (χ0) is 13.9. The topological polar surface area (TPSA) is 29.1 Å². The van der Waals surface area contributed by atoms with Crippen molar-refractivity contribution < 1.29 is 9.18 Å². The van der Waals surface area contributed by atoms with Crippen molar-refractivity contribution in [3.8, 4) is 0 Å². The number of benzene rings is 1. The third kappa shape index (κ3) is 1.92. The molecule has 2 nitrogen and oxygen atoms in total. The Hall–Kier alpha value is -0.900. The maximum atomic E-state index is 14.3. The molecule has 20 heavy (non-hydrogen) atoms. The van der Waals surface area contributed by atoms with Gasteiger partial charge < -0.3 is 5.32 Å². The standard InChI is InChI=1S/C16H17BrFNO/c17-16(15-9-2-1-3-10(9)15)11-6-8-4-5-14(20)19-13(8)7-12(11)18/h6-7,9-10,15-16H,1-5H2,(H,19,20). The van der Waals surface area contributed by atoms with Crippen LogP contribution >= 0.6 is 15.9 Å². The Morgan fingerprint density at radius 2 is 2.00 bits per heavy atom. The second-order valence-corrected chi connectivity index (χ2v) is 7.30. The van der Waals surface area contributed by atoms with Crippen molar-refractivity contribution in [2.24, 2.45) is 17.8 Å². The fourth-order valence-corrected chi connectivity index (χ4v) is 5.29. The molecule has 1 N–H and O–H groups in total. The molecule has 1 aromatic carbocycles. The molecule has 106 valence electrons. The monoisotopic (exact) mass is 337 g/mol. The molecule has 1 heterocycles. The van der Waals surface area contributed by atoms with E-state index in [1.807, 2.05) is 6.07 Å². The van der Waals surface area contributed by atoms with E-state index < -0.39 is 0 Å². The summed E-state index contributed by atoms with van der Waals surface area (Å²) in [5.41, 5.74) is 2.49. The van der Waals surface area contributed by atoms with Crippen LogP contribution in [0, 0.1) is 23.6 Å². The number of carbonyl (C=O) groups excluding carboxylic acids is 1. The largest absolute Gasteiger partial charge is 0.326 e. The summed E-state index contributed by atoms with van der Waals surface area (Å²) in [7, 11) is 0. The van der Waals surface area contributed by atoms with Gasteiger partial charge in [0.1, 0.15) is 5.82 Å². The van der Waals surface area contributed by atoms with Crippen molar-refractivity contribution in [1.82, 2.24) is 0 Å². The number of hydrogen-bond donors (Lipinski definition) is 1. The summed E-state index contributed by atoms with van der Waals surface area (Å²) in [6, 6.07) is 3.45. The molecule has 1 aromatic rings. The molecule has 3 atom stereocenters. The summed E-state index contributed by atoms with van der Waals surface area (Å²) in [6.45, 7) is 0. The molecule has 0 bridgehead atoms. The minimum atomic E-state index is -0.196. The van der Waals surface area contributed by atoms with Crippen LogP contribution in [0.25, 0.3) is 0 Å². The van der Waals surface area contributed by atoms with Crippen molar-refractivity contribution in [2.45, 2.75) is 36.9 Å². The minimum absolute atomic E-state index is 0.0169. The minimum Gasteiger partial charge on any atom is -0.326 e. The Kier molecular flexibility index (Phi) is 2.92. The number of fused-ring (bicyclic) bond motifs is 2.